The normalized spacial score (nSPS) is 12.1. The van der Waals surface area contributed by atoms with Crippen molar-refractivity contribution in [3.63, 3.8) is 0 Å². The van der Waals surface area contributed by atoms with Gasteiger partial charge in [0.2, 0.25) is 0 Å². The molecule has 0 spiro atoms. The van der Waals surface area contributed by atoms with E-state index in [1.165, 1.54) is 6.07 Å². The van der Waals surface area contributed by atoms with E-state index < -0.39 is 11.6 Å². The van der Waals surface area contributed by atoms with Crippen LogP contribution in [0.15, 0.2) is 53.5 Å². The summed E-state index contributed by atoms with van der Waals surface area (Å²) in [5, 5.41) is 6.38. The van der Waals surface area contributed by atoms with Gasteiger partial charge in [0.1, 0.15) is 12.4 Å². The molecule has 0 amide bonds. The van der Waals surface area contributed by atoms with Crippen LogP contribution in [0.5, 0.6) is 5.75 Å². The minimum atomic E-state index is -0.922. The predicted octanol–water partition coefficient (Wildman–Crippen LogP) is 3.89. The summed E-state index contributed by atoms with van der Waals surface area (Å²) < 4.78 is 31.3. The Morgan fingerprint density at radius 1 is 1.12 bits per heavy atom. The third-order valence-corrected chi connectivity index (χ3v) is 3.43. The zero-order valence-corrected chi connectivity index (χ0v) is 16.5. The maximum Gasteiger partial charge on any atom is 0.191 e. The first-order chi connectivity index (χ1) is 11.6. The quantitative estimate of drug-likeness (QED) is 0.297. The van der Waals surface area contributed by atoms with Crippen LogP contribution in [0.3, 0.4) is 0 Å². The highest BCUT2D eigenvalue weighted by Gasteiger charge is 2.07. The van der Waals surface area contributed by atoms with Crippen LogP contribution < -0.4 is 15.4 Å². The van der Waals surface area contributed by atoms with Gasteiger partial charge in [-0.3, -0.25) is 4.99 Å². The molecule has 4 nitrogen and oxygen atoms in total. The van der Waals surface area contributed by atoms with Crippen LogP contribution in [0.1, 0.15) is 18.5 Å². The third kappa shape index (κ3) is 6.85. The number of benzene rings is 2. The lowest BCUT2D eigenvalue weighted by molar-refractivity contribution is 0.318. The zero-order valence-electron chi connectivity index (χ0n) is 14.1. The van der Waals surface area contributed by atoms with Crippen LogP contribution in [-0.2, 0) is 0 Å². The lowest BCUT2D eigenvalue weighted by atomic mass is 10.1. The molecule has 0 aliphatic carbocycles. The Bertz CT molecular complexity index is 683. The Kier molecular flexibility index (Phi) is 9.18. The van der Waals surface area contributed by atoms with Gasteiger partial charge >= 0.3 is 0 Å². The number of nitrogens with zero attached hydrogens (tertiary/aromatic N) is 1. The maximum absolute atomic E-state index is 13.1. The molecule has 1 atom stereocenters. The topological polar surface area (TPSA) is 45.7 Å². The summed E-state index contributed by atoms with van der Waals surface area (Å²) in [5.41, 5.74) is 1.15. The van der Waals surface area contributed by atoms with Crippen LogP contribution in [0.25, 0.3) is 0 Å². The van der Waals surface area contributed by atoms with Gasteiger partial charge in [0.25, 0.3) is 0 Å². The van der Waals surface area contributed by atoms with Crippen LogP contribution in [0, 0.1) is 11.6 Å². The zero-order chi connectivity index (χ0) is 17.4. The fourth-order valence-electron chi connectivity index (χ4n) is 2.13. The molecule has 0 aromatic heterocycles. The van der Waals surface area contributed by atoms with E-state index in [-0.39, 0.29) is 35.8 Å². The van der Waals surface area contributed by atoms with Crippen molar-refractivity contribution in [2.45, 2.75) is 13.0 Å². The number of aliphatic imine (C=N–C) groups is 1. The average molecular weight is 461 g/mol. The third-order valence-electron chi connectivity index (χ3n) is 3.43. The molecular weight excluding hydrogens is 439 g/mol. The van der Waals surface area contributed by atoms with Crippen LogP contribution >= 0.6 is 24.0 Å². The van der Waals surface area contributed by atoms with Crippen molar-refractivity contribution in [1.29, 1.82) is 0 Å². The summed E-state index contributed by atoms with van der Waals surface area (Å²) in [6.07, 6.45) is 0. The summed E-state index contributed by atoms with van der Waals surface area (Å²) in [7, 11) is 1.68. The predicted molar refractivity (Wildman–Crippen MR) is 107 cm³/mol. The van der Waals surface area contributed by atoms with Gasteiger partial charge in [0, 0.05) is 13.1 Å². The first-order valence-corrected chi connectivity index (χ1v) is 7.70. The summed E-state index contributed by atoms with van der Waals surface area (Å²) in [4.78, 5) is 4.15. The van der Waals surface area contributed by atoms with Gasteiger partial charge < -0.3 is 15.4 Å². The molecule has 2 rings (SSSR count). The van der Waals surface area contributed by atoms with Crippen molar-refractivity contribution < 1.29 is 13.5 Å². The number of ether oxygens (including phenoxy) is 1. The van der Waals surface area contributed by atoms with Gasteiger partial charge in [-0.25, -0.2) is 8.78 Å². The number of nitrogens with one attached hydrogen (secondary N) is 2. The van der Waals surface area contributed by atoms with Crippen LogP contribution in [0.2, 0.25) is 0 Å². The van der Waals surface area contributed by atoms with E-state index in [9.17, 15) is 8.78 Å². The Balaban J connectivity index is 0.00000312. The number of halogens is 3. The van der Waals surface area contributed by atoms with Crippen LogP contribution in [-0.4, -0.2) is 26.2 Å². The maximum atomic E-state index is 13.1. The van der Waals surface area contributed by atoms with E-state index in [2.05, 4.69) is 15.6 Å². The summed E-state index contributed by atoms with van der Waals surface area (Å²) in [6.45, 7) is 2.81. The summed E-state index contributed by atoms with van der Waals surface area (Å²) in [5.74, 6) is -0.883. The van der Waals surface area contributed by atoms with E-state index in [1.807, 2.05) is 37.3 Å². The standard InChI is InChI=1S/C18H21F2N3O.HI/c1-13(14-6-4-3-5-7-14)23-18(21-2)22-10-11-24-15-8-9-16(19)17(20)12-15;/h3-9,12-13H,10-11H2,1-2H3,(H2,21,22,23);1H. The molecule has 0 aliphatic heterocycles. The van der Waals surface area contributed by atoms with E-state index in [0.717, 1.165) is 17.7 Å². The molecule has 0 saturated heterocycles. The molecule has 0 heterocycles. The van der Waals surface area contributed by atoms with Crippen molar-refractivity contribution in [1.82, 2.24) is 10.6 Å². The molecule has 25 heavy (non-hydrogen) atoms. The van der Waals surface area contributed by atoms with E-state index in [4.69, 9.17) is 4.74 Å². The monoisotopic (exact) mass is 461 g/mol. The highest BCUT2D eigenvalue weighted by molar-refractivity contribution is 14.0. The Labute approximate surface area is 163 Å². The second kappa shape index (κ2) is 10.9. The number of rotatable bonds is 6. The lowest BCUT2D eigenvalue weighted by Gasteiger charge is -2.18. The minimum Gasteiger partial charge on any atom is -0.492 e. The molecule has 136 valence electrons. The summed E-state index contributed by atoms with van der Waals surface area (Å²) in [6, 6.07) is 13.6. The molecule has 0 radical (unpaired) electrons. The van der Waals surface area contributed by atoms with Gasteiger partial charge in [0.05, 0.1) is 12.6 Å². The molecule has 2 aromatic carbocycles. The molecule has 0 fully saturated rings. The van der Waals surface area contributed by atoms with Crippen molar-refractivity contribution in [3.05, 3.63) is 65.7 Å². The van der Waals surface area contributed by atoms with Crippen molar-refractivity contribution in [3.8, 4) is 5.75 Å². The first-order valence-electron chi connectivity index (χ1n) is 7.70. The largest absolute Gasteiger partial charge is 0.492 e. The molecule has 0 saturated carbocycles. The number of hydrogen-bond donors (Lipinski definition) is 2. The highest BCUT2D eigenvalue weighted by atomic mass is 127. The molecule has 2 aromatic rings. The number of hydrogen-bond acceptors (Lipinski definition) is 2. The second-order valence-corrected chi connectivity index (χ2v) is 5.20. The fourth-order valence-corrected chi connectivity index (χ4v) is 2.13. The Hall–Kier alpha value is -1.90. The van der Waals surface area contributed by atoms with E-state index in [1.54, 1.807) is 7.05 Å². The van der Waals surface area contributed by atoms with Gasteiger partial charge in [-0.15, -0.1) is 24.0 Å². The molecular formula is C18H22F2IN3O. The minimum absolute atomic E-state index is 0. The van der Waals surface area contributed by atoms with Gasteiger partial charge in [0.15, 0.2) is 17.6 Å². The Morgan fingerprint density at radius 3 is 2.48 bits per heavy atom. The SMILES string of the molecule is CN=C(NCCOc1ccc(F)c(F)c1)NC(C)c1ccccc1.I. The lowest BCUT2D eigenvalue weighted by Crippen LogP contribution is -2.40. The van der Waals surface area contributed by atoms with Gasteiger partial charge in [-0.2, -0.15) is 0 Å². The van der Waals surface area contributed by atoms with Crippen LogP contribution in [0.4, 0.5) is 8.78 Å². The number of guanidine groups is 1. The van der Waals surface area contributed by atoms with E-state index in [0.29, 0.717) is 19.1 Å². The molecule has 2 N–H and O–H groups in total. The van der Waals surface area contributed by atoms with Crippen molar-refractivity contribution >= 4 is 29.9 Å². The second-order valence-electron chi connectivity index (χ2n) is 5.20. The fraction of sp³-hybridized carbons (Fsp3) is 0.278. The smallest absolute Gasteiger partial charge is 0.191 e. The van der Waals surface area contributed by atoms with Crippen molar-refractivity contribution in [2.24, 2.45) is 4.99 Å². The Morgan fingerprint density at radius 2 is 1.84 bits per heavy atom. The average Bonchev–Trinajstić information content (AvgIpc) is 2.61. The molecule has 0 aliphatic rings. The van der Waals surface area contributed by atoms with Crippen molar-refractivity contribution in [2.75, 3.05) is 20.2 Å². The van der Waals surface area contributed by atoms with Gasteiger partial charge in [-0.05, 0) is 24.6 Å². The first kappa shape index (κ1) is 21.1. The highest BCUT2D eigenvalue weighted by Crippen LogP contribution is 2.15. The van der Waals surface area contributed by atoms with Gasteiger partial charge in [-0.1, -0.05) is 30.3 Å². The molecule has 0 bridgehead atoms. The molecule has 7 heteroatoms. The van der Waals surface area contributed by atoms with E-state index >= 15 is 0 Å². The molecule has 1 unspecified atom stereocenters. The summed E-state index contributed by atoms with van der Waals surface area (Å²) >= 11 is 0.